The molecular weight excluding hydrogens is 372 g/mol. The van der Waals surface area contributed by atoms with Gasteiger partial charge in [0.1, 0.15) is 0 Å². The van der Waals surface area contributed by atoms with Gasteiger partial charge in [0.2, 0.25) is 0 Å². The number of hydrogen-bond donors (Lipinski definition) is 5. The van der Waals surface area contributed by atoms with Crippen molar-refractivity contribution in [3.8, 4) is 0 Å². The molecule has 5 heteroatoms. The molecule has 5 unspecified atom stereocenters. The zero-order chi connectivity index (χ0) is 19.1. The van der Waals surface area contributed by atoms with Gasteiger partial charge in [0.25, 0.3) is 0 Å². The van der Waals surface area contributed by atoms with Crippen LogP contribution in [-0.4, -0.2) is 50.5 Å². The standard InChI is InChI=1S/C20H46N4O.5CH4/c1-5-17(10-21)8-16(4)12-23-14-20(25)15-24-13-19(7-3)9-18(6-2)11-22;;;;;/h16-20,23-25H,5-15,21-22H2,1-4H3;5*1H4. The zero-order valence-corrected chi connectivity index (χ0v) is 17.3. The Kier molecular flexibility index (Phi) is 41.9. The zero-order valence-electron chi connectivity index (χ0n) is 17.3. The van der Waals surface area contributed by atoms with Crippen molar-refractivity contribution in [2.24, 2.45) is 35.1 Å². The average molecular weight is 439 g/mol. The molecule has 0 saturated carbocycles. The average Bonchev–Trinajstić information content (AvgIpc) is 2.62. The van der Waals surface area contributed by atoms with E-state index in [-0.39, 0.29) is 43.2 Å². The Morgan fingerprint density at radius 1 is 0.633 bits per heavy atom. The molecule has 0 rings (SSSR count). The van der Waals surface area contributed by atoms with Crippen molar-refractivity contribution in [3.05, 3.63) is 0 Å². The number of aliphatic hydroxyl groups is 1. The summed E-state index contributed by atoms with van der Waals surface area (Å²) in [6, 6.07) is 0. The van der Waals surface area contributed by atoms with Crippen molar-refractivity contribution in [2.75, 3.05) is 39.3 Å². The minimum Gasteiger partial charge on any atom is -0.390 e. The van der Waals surface area contributed by atoms with Crippen molar-refractivity contribution in [1.29, 1.82) is 0 Å². The molecule has 0 aliphatic rings. The molecule has 0 aromatic heterocycles. The first kappa shape index (κ1) is 43.6. The van der Waals surface area contributed by atoms with E-state index < -0.39 is 0 Å². The fourth-order valence-electron chi connectivity index (χ4n) is 3.40. The van der Waals surface area contributed by atoms with Crippen LogP contribution in [0, 0.1) is 23.7 Å². The lowest BCUT2D eigenvalue weighted by Crippen LogP contribution is -2.39. The van der Waals surface area contributed by atoms with Crippen LogP contribution in [0.1, 0.15) is 96.9 Å². The van der Waals surface area contributed by atoms with Crippen molar-refractivity contribution in [2.45, 2.75) is 103 Å². The minimum absolute atomic E-state index is 0. The molecule has 7 N–H and O–H groups in total. The van der Waals surface area contributed by atoms with Gasteiger partial charge >= 0.3 is 0 Å². The summed E-state index contributed by atoms with van der Waals surface area (Å²) < 4.78 is 0. The van der Waals surface area contributed by atoms with Crippen LogP contribution in [0.2, 0.25) is 0 Å². The Labute approximate surface area is 193 Å². The molecule has 0 amide bonds. The van der Waals surface area contributed by atoms with Crippen LogP contribution in [0.4, 0.5) is 0 Å². The molecule has 0 radical (unpaired) electrons. The number of nitrogens with one attached hydrogen (secondary N) is 2. The van der Waals surface area contributed by atoms with E-state index >= 15 is 0 Å². The van der Waals surface area contributed by atoms with E-state index in [1.807, 2.05) is 0 Å². The quantitative estimate of drug-likeness (QED) is 0.217. The number of rotatable bonds is 17. The van der Waals surface area contributed by atoms with Gasteiger partial charge in [-0.15, -0.1) is 0 Å². The molecule has 5 atom stereocenters. The summed E-state index contributed by atoms with van der Waals surface area (Å²) in [6.45, 7) is 13.7. The van der Waals surface area contributed by atoms with E-state index in [4.69, 9.17) is 11.5 Å². The third kappa shape index (κ3) is 22.5. The summed E-state index contributed by atoms with van der Waals surface area (Å²) in [5, 5.41) is 17.0. The predicted molar refractivity (Wildman–Crippen MR) is 143 cm³/mol. The maximum atomic E-state index is 10.1. The molecule has 0 aromatic carbocycles. The molecule has 0 aliphatic carbocycles. The van der Waals surface area contributed by atoms with Gasteiger partial charge in [0.05, 0.1) is 6.10 Å². The van der Waals surface area contributed by atoms with Gasteiger partial charge in [-0.2, -0.15) is 0 Å². The van der Waals surface area contributed by atoms with Crippen LogP contribution < -0.4 is 22.1 Å². The topological polar surface area (TPSA) is 96.3 Å². The van der Waals surface area contributed by atoms with Crippen molar-refractivity contribution < 1.29 is 5.11 Å². The fraction of sp³-hybridized carbons (Fsp3) is 1.00. The molecular formula is C25H66N4O. The Hall–Kier alpha value is -0.200. The van der Waals surface area contributed by atoms with Gasteiger partial charge in [-0.05, 0) is 62.7 Å². The first-order chi connectivity index (χ1) is 12.0. The molecule has 0 spiro atoms. The number of aliphatic hydroxyl groups excluding tert-OH is 1. The van der Waals surface area contributed by atoms with E-state index in [2.05, 4.69) is 38.3 Å². The Bertz CT molecular complexity index is 284. The lowest BCUT2D eigenvalue weighted by atomic mass is 9.91. The molecule has 0 saturated heterocycles. The van der Waals surface area contributed by atoms with Crippen LogP contribution >= 0.6 is 0 Å². The first-order valence-corrected chi connectivity index (χ1v) is 10.5. The molecule has 0 aromatic rings. The largest absolute Gasteiger partial charge is 0.390 e. The summed E-state index contributed by atoms with van der Waals surface area (Å²) in [5.74, 6) is 2.49. The lowest BCUT2D eigenvalue weighted by Gasteiger charge is -2.22. The highest BCUT2D eigenvalue weighted by Crippen LogP contribution is 2.17. The maximum absolute atomic E-state index is 10.1. The normalized spacial score (nSPS) is 14.9. The molecule has 0 aliphatic heterocycles. The molecule has 192 valence electrons. The van der Waals surface area contributed by atoms with E-state index in [9.17, 15) is 5.11 Å². The summed E-state index contributed by atoms with van der Waals surface area (Å²) in [7, 11) is 0. The van der Waals surface area contributed by atoms with Crippen molar-refractivity contribution in [3.63, 3.8) is 0 Å². The van der Waals surface area contributed by atoms with Crippen LogP contribution in [0.5, 0.6) is 0 Å². The summed E-state index contributed by atoms with van der Waals surface area (Å²) in [6.07, 6.45) is 5.47. The second-order valence-corrected chi connectivity index (χ2v) is 7.84. The minimum atomic E-state index is -0.335. The van der Waals surface area contributed by atoms with E-state index in [1.54, 1.807) is 0 Å². The summed E-state index contributed by atoms with van der Waals surface area (Å²) >= 11 is 0. The smallest absolute Gasteiger partial charge is 0.0788 e. The highest BCUT2D eigenvalue weighted by Gasteiger charge is 2.14. The van der Waals surface area contributed by atoms with E-state index in [1.165, 1.54) is 6.42 Å². The fourth-order valence-corrected chi connectivity index (χ4v) is 3.40. The van der Waals surface area contributed by atoms with Crippen LogP contribution in [-0.2, 0) is 0 Å². The highest BCUT2D eigenvalue weighted by atomic mass is 16.3. The third-order valence-corrected chi connectivity index (χ3v) is 5.49. The van der Waals surface area contributed by atoms with Gasteiger partial charge in [0, 0.05) is 13.1 Å². The lowest BCUT2D eigenvalue weighted by molar-refractivity contribution is 0.163. The first-order valence-electron chi connectivity index (χ1n) is 10.5. The monoisotopic (exact) mass is 439 g/mol. The van der Waals surface area contributed by atoms with E-state index in [0.29, 0.717) is 36.8 Å². The van der Waals surface area contributed by atoms with E-state index in [0.717, 1.165) is 51.9 Å². The number of hydrogen-bond acceptors (Lipinski definition) is 5. The van der Waals surface area contributed by atoms with Crippen molar-refractivity contribution >= 4 is 0 Å². The van der Waals surface area contributed by atoms with Crippen LogP contribution in [0.25, 0.3) is 0 Å². The summed E-state index contributed by atoms with van der Waals surface area (Å²) in [4.78, 5) is 0. The Morgan fingerprint density at radius 3 is 1.43 bits per heavy atom. The SMILES string of the molecule is C.C.C.C.C.CCC(CN)CC(C)CNCC(O)CNCC(CC)CC(CC)CN. The maximum Gasteiger partial charge on any atom is 0.0788 e. The van der Waals surface area contributed by atoms with Gasteiger partial charge in [-0.1, -0.05) is 84.1 Å². The Balaban J connectivity index is -0.000000288. The summed E-state index contributed by atoms with van der Waals surface area (Å²) in [5.41, 5.74) is 11.6. The third-order valence-electron chi connectivity index (χ3n) is 5.49. The molecule has 30 heavy (non-hydrogen) atoms. The predicted octanol–water partition coefficient (Wildman–Crippen LogP) is 5.12. The Morgan fingerprint density at radius 2 is 1.03 bits per heavy atom. The highest BCUT2D eigenvalue weighted by molar-refractivity contribution is 4.71. The van der Waals surface area contributed by atoms with Gasteiger partial charge < -0.3 is 27.2 Å². The molecule has 0 fully saturated rings. The van der Waals surface area contributed by atoms with Crippen molar-refractivity contribution in [1.82, 2.24) is 10.6 Å². The second-order valence-electron chi connectivity index (χ2n) is 7.84. The van der Waals surface area contributed by atoms with Gasteiger partial charge in [0.15, 0.2) is 0 Å². The molecule has 0 heterocycles. The van der Waals surface area contributed by atoms with Crippen LogP contribution in [0.3, 0.4) is 0 Å². The molecule has 0 bridgehead atoms. The second kappa shape index (κ2) is 28.8. The van der Waals surface area contributed by atoms with Crippen LogP contribution in [0.15, 0.2) is 0 Å². The molecule has 5 nitrogen and oxygen atoms in total. The van der Waals surface area contributed by atoms with Gasteiger partial charge in [-0.3, -0.25) is 0 Å². The van der Waals surface area contributed by atoms with Gasteiger partial charge in [-0.25, -0.2) is 0 Å². The number of nitrogens with two attached hydrogens (primary N) is 2.